The Hall–Kier alpha value is -5.25. The number of ether oxygens (including phenoxy) is 3. The molecule has 7 rings (SSSR count). The number of carbonyl (C=O) groups excluding carboxylic acids is 5. The quantitative estimate of drug-likeness (QED) is 0.346. The summed E-state index contributed by atoms with van der Waals surface area (Å²) < 4.78 is 16.6. The van der Waals surface area contributed by atoms with Gasteiger partial charge >= 0.3 is 5.97 Å². The number of hydrogen-bond acceptors (Lipinski definition) is 12. The molecule has 0 radical (unpaired) electrons. The van der Waals surface area contributed by atoms with Crippen molar-refractivity contribution in [1.82, 2.24) is 14.8 Å². The highest BCUT2D eigenvalue weighted by Gasteiger charge is 2.60. The molecule has 0 unspecified atom stereocenters. The summed E-state index contributed by atoms with van der Waals surface area (Å²) in [4.78, 5) is 77.1. The molecule has 0 spiro atoms. The number of fused-ring (bicyclic) bond motifs is 6. The lowest BCUT2D eigenvalue weighted by Crippen LogP contribution is -2.74. The summed E-state index contributed by atoms with van der Waals surface area (Å²) in [5.74, 6) is -2.58. The van der Waals surface area contributed by atoms with Gasteiger partial charge in [-0.05, 0) is 45.9 Å². The first-order chi connectivity index (χ1) is 23.0. The van der Waals surface area contributed by atoms with Crippen molar-refractivity contribution in [2.45, 2.75) is 56.9 Å². The van der Waals surface area contributed by atoms with E-state index in [0.717, 1.165) is 5.39 Å². The summed E-state index contributed by atoms with van der Waals surface area (Å²) in [6.07, 6.45) is 0.116. The molecule has 48 heavy (non-hydrogen) atoms. The van der Waals surface area contributed by atoms with Crippen LogP contribution in [0.25, 0.3) is 10.9 Å². The maximum Gasteiger partial charge on any atom is 0.357 e. The highest BCUT2D eigenvalue weighted by atomic mass is 16.5. The average molecular weight is 649 g/mol. The second kappa shape index (κ2) is 11.5. The topological polar surface area (TPSA) is 156 Å². The number of methoxy groups -OCH3 is 2. The predicted molar refractivity (Wildman–Crippen MR) is 169 cm³/mol. The number of pyridine rings is 1. The number of hydrogen-bond donors (Lipinski definition) is 0. The van der Waals surface area contributed by atoms with Gasteiger partial charge in [0.2, 0.25) is 11.6 Å². The summed E-state index contributed by atoms with van der Waals surface area (Å²) in [7, 11) is 4.44. The van der Waals surface area contributed by atoms with Gasteiger partial charge in [-0.3, -0.25) is 29.0 Å². The molecule has 5 atom stereocenters. The number of piperazine rings is 1. The number of para-hydroxylation sites is 1. The first-order valence-corrected chi connectivity index (χ1v) is 15.6. The summed E-state index contributed by atoms with van der Waals surface area (Å²) >= 11 is 0. The fraction of sp³-hybridized carbons (Fsp3) is 0.361. The van der Waals surface area contributed by atoms with Gasteiger partial charge in [0.15, 0.2) is 23.1 Å². The van der Waals surface area contributed by atoms with E-state index in [1.807, 2.05) is 17.0 Å². The fourth-order valence-corrected chi connectivity index (χ4v) is 8.18. The zero-order chi connectivity index (χ0) is 34.2. The van der Waals surface area contributed by atoms with Crippen molar-refractivity contribution in [3.05, 3.63) is 87.0 Å². The third kappa shape index (κ3) is 4.34. The van der Waals surface area contributed by atoms with Gasteiger partial charge < -0.3 is 14.2 Å². The van der Waals surface area contributed by atoms with Crippen LogP contribution in [0.3, 0.4) is 0 Å². The molecule has 244 valence electrons. The van der Waals surface area contributed by atoms with Crippen molar-refractivity contribution >= 4 is 40.0 Å². The van der Waals surface area contributed by atoms with E-state index in [4.69, 9.17) is 14.2 Å². The molecule has 1 fully saturated rings. The normalized spacial score (nSPS) is 27.5. The zero-order valence-corrected chi connectivity index (χ0v) is 27.0. The minimum Gasteiger partial charge on any atom is -0.492 e. The molecule has 2 aliphatic carbocycles. The highest BCUT2D eigenvalue weighted by Crippen LogP contribution is 2.49. The minimum atomic E-state index is -1.04. The smallest absolute Gasteiger partial charge is 0.357 e. The Morgan fingerprint density at radius 1 is 0.875 bits per heavy atom. The zero-order valence-electron chi connectivity index (χ0n) is 27.0. The van der Waals surface area contributed by atoms with E-state index in [0.29, 0.717) is 11.1 Å². The third-order valence-corrected chi connectivity index (χ3v) is 10.4. The van der Waals surface area contributed by atoms with E-state index in [9.17, 15) is 29.2 Å². The van der Waals surface area contributed by atoms with E-state index in [1.165, 1.54) is 21.1 Å². The van der Waals surface area contributed by atoms with Crippen LogP contribution in [0.5, 0.6) is 0 Å². The fourth-order valence-electron chi connectivity index (χ4n) is 8.18. The summed E-state index contributed by atoms with van der Waals surface area (Å²) in [6, 6.07) is 9.03. The predicted octanol–water partition coefficient (Wildman–Crippen LogP) is 2.55. The monoisotopic (exact) mass is 648 g/mol. The molecular weight excluding hydrogens is 616 g/mol. The number of nitriles is 1. The highest BCUT2D eigenvalue weighted by molar-refractivity contribution is 6.26. The number of allylic oxidation sites excluding steroid dienone is 4. The van der Waals surface area contributed by atoms with E-state index in [-0.39, 0.29) is 70.3 Å². The molecule has 0 saturated carbocycles. The Bertz CT molecular complexity index is 2050. The van der Waals surface area contributed by atoms with Crippen LogP contribution in [0.15, 0.2) is 81.4 Å². The van der Waals surface area contributed by atoms with Crippen LogP contribution in [-0.2, 0) is 33.4 Å². The minimum absolute atomic E-state index is 0.00802. The Kier molecular flexibility index (Phi) is 7.49. The number of benzene rings is 1. The average Bonchev–Trinajstić information content (AvgIpc) is 3.08. The van der Waals surface area contributed by atoms with Crippen molar-refractivity contribution in [3.63, 3.8) is 0 Å². The van der Waals surface area contributed by atoms with Gasteiger partial charge in [-0.1, -0.05) is 24.3 Å². The second-order valence-electron chi connectivity index (χ2n) is 12.6. The van der Waals surface area contributed by atoms with E-state index in [1.54, 1.807) is 43.1 Å². The van der Waals surface area contributed by atoms with Gasteiger partial charge in [-0.2, -0.15) is 5.26 Å². The lowest BCUT2D eigenvalue weighted by Gasteiger charge is -2.60. The number of esters is 1. The molecule has 0 amide bonds. The van der Waals surface area contributed by atoms with Crippen molar-refractivity contribution in [2.24, 2.45) is 0 Å². The molecule has 12 nitrogen and oxygen atoms in total. The molecule has 3 aliphatic heterocycles. The number of carbonyl (C=O) groups is 5. The first-order valence-electron chi connectivity index (χ1n) is 15.6. The largest absolute Gasteiger partial charge is 0.492 e. The molecule has 1 aromatic carbocycles. The van der Waals surface area contributed by atoms with Crippen molar-refractivity contribution in [2.75, 3.05) is 27.9 Å². The lowest BCUT2D eigenvalue weighted by molar-refractivity contribution is -0.126. The van der Waals surface area contributed by atoms with E-state index in [2.05, 4.69) is 11.1 Å². The van der Waals surface area contributed by atoms with Gasteiger partial charge in [0.1, 0.15) is 18.3 Å². The molecule has 2 bridgehead atoms. The van der Waals surface area contributed by atoms with E-state index >= 15 is 0 Å². The van der Waals surface area contributed by atoms with Gasteiger partial charge in [0, 0.05) is 50.9 Å². The maximum absolute atomic E-state index is 14.0. The number of Topliss-reactive ketones (excluding diaryl/α,β-unsaturated/α-hetero) is 4. The first kappa shape index (κ1) is 31.4. The molecule has 12 heteroatoms. The number of ketones is 4. The van der Waals surface area contributed by atoms with Crippen molar-refractivity contribution < 1.29 is 38.2 Å². The van der Waals surface area contributed by atoms with Gasteiger partial charge in [0.05, 0.1) is 37.9 Å². The standard InChI is InChI=1S/C36H32N4O8/c1-16-30(41)19-13-24-29-28-20(31(42)17(2)35(47-5)33(28)44)12-23(39(29)3)25(14-37)40(24)26(27(19)32(43)34(16)46-4)15-48-36(45)22-11-10-18-8-6-7-9-21(18)38-22/h6-11,23-26,29H,12-13,15H2,1-5H3/t23-,24-,25-,26-,29-/m0/s1. The van der Waals surface area contributed by atoms with Gasteiger partial charge in [-0.15, -0.1) is 0 Å². The van der Waals surface area contributed by atoms with Crippen LogP contribution in [0.4, 0.5) is 0 Å². The Balaban J connectivity index is 1.34. The molecule has 4 heterocycles. The van der Waals surface area contributed by atoms with Crippen LogP contribution in [0, 0.1) is 11.3 Å². The number of aromatic nitrogens is 1. The number of nitrogens with zero attached hydrogens (tertiary/aromatic N) is 4. The SMILES string of the molecule is COC1=C(C)C(=O)C2=C(C1=O)[C@@H]1[C@@H]3CC4=C(C(=O)C(OC)=C(C)C4=O)[C@H](COC(=O)c4ccc5ccccc5n4)N3[C@@H](C#N)[C@H](C2)N1C. The second-order valence-corrected chi connectivity index (χ2v) is 12.6. The Morgan fingerprint density at radius 3 is 2.12 bits per heavy atom. The molecule has 0 N–H and O–H groups in total. The number of likely N-dealkylation sites (N-methyl/N-ethyl adjacent to an activating group) is 1. The summed E-state index contributed by atoms with van der Waals surface area (Å²) in [5, 5.41) is 11.5. The van der Waals surface area contributed by atoms with Crippen LogP contribution >= 0.6 is 0 Å². The van der Waals surface area contributed by atoms with Crippen LogP contribution in [0.2, 0.25) is 0 Å². The molecule has 2 aromatic rings. The van der Waals surface area contributed by atoms with Gasteiger partial charge in [-0.25, -0.2) is 9.78 Å². The van der Waals surface area contributed by atoms with Crippen molar-refractivity contribution in [1.29, 1.82) is 5.26 Å². The van der Waals surface area contributed by atoms with Crippen molar-refractivity contribution in [3.8, 4) is 6.07 Å². The maximum atomic E-state index is 14.0. The Morgan fingerprint density at radius 2 is 1.48 bits per heavy atom. The van der Waals surface area contributed by atoms with Crippen LogP contribution < -0.4 is 0 Å². The van der Waals surface area contributed by atoms with Crippen LogP contribution in [0.1, 0.15) is 37.2 Å². The number of rotatable bonds is 5. The molecule has 1 aromatic heterocycles. The molecule has 5 aliphatic rings. The van der Waals surface area contributed by atoms with E-state index < -0.39 is 53.5 Å². The molecule has 1 saturated heterocycles. The molecular formula is C36H32N4O8. The third-order valence-electron chi connectivity index (χ3n) is 10.4. The Labute approximate surface area is 275 Å². The van der Waals surface area contributed by atoms with Crippen LogP contribution in [-0.4, -0.2) is 102 Å². The van der Waals surface area contributed by atoms with Gasteiger partial charge in [0.25, 0.3) is 0 Å². The lowest BCUT2D eigenvalue weighted by atomic mass is 9.67. The summed E-state index contributed by atoms with van der Waals surface area (Å²) in [6.45, 7) is 2.67. The summed E-state index contributed by atoms with van der Waals surface area (Å²) in [5.41, 5.74) is 1.88.